The zero-order valence-electron chi connectivity index (χ0n) is 15.3. The summed E-state index contributed by atoms with van der Waals surface area (Å²) >= 11 is 0. The average Bonchev–Trinajstić information content (AvgIpc) is 2.60. The lowest BCUT2D eigenvalue weighted by Gasteiger charge is -2.22. The molecule has 0 aliphatic rings. The van der Waals surface area contributed by atoms with Crippen molar-refractivity contribution in [3.05, 3.63) is 53.8 Å². The molecule has 7 heteroatoms. The summed E-state index contributed by atoms with van der Waals surface area (Å²) in [6.07, 6.45) is 0. The molecule has 0 heterocycles. The fourth-order valence-electron chi connectivity index (χ4n) is 2.57. The highest BCUT2D eigenvalue weighted by atomic mass is 32.2. The maximum Gasteiger partial charge on any atom is 0.236 e. The van der Waals surface area contributed by atoms with Gasteiger partial charge in [0.25, 0.3) is 0 Å². The van der Waals surface area contributed by atoms with Crippen LogP contribution in [0.1, 0.15) is 19.4 Å². The molecular formula is C19H25FN2O3S. The number of hydrogen-bond donors (Lipinski definition) is 1. The minimum absolute atomic E-state index is 0.0163. The molecule has 0 atom stereocenters. The van der Waals surface area contributed by atoms with Gasteiger partial charge in [0.1, 0.15) is 23.9 Å². The van der Waals surface area contributed by atoms with Crippen LogP contribution in [0.3, 0.4) is 0 Å². The molecule has 1 N–H and O–H groups in total. The monoisotopic (exact) mass is 380 g/mol. The Morgan fingerprint density at radius 3 is 2.31 bits per heavy atom. The van der Waals surface area contributed by atoms with Crippen molar-refractivity contribution >= 4 is 21.4 Å². The van der Waals surface area contributed by atoms with E-state index in [-0.39, 0.29) is 18.2 Å². The van der Waals surface area contributed by atoms with Gasteiger partial charge in [0.15, 0.2) is 0 Å². The maximum absolute atomic E-state index is 12.8. The van der Waals surface area contributed by atoms with Gasteiger partial charge in [-0.15, -0.1) is 0 Å². The van der Waals surface area contributed by atoms with E-state index in [1.807, 2.05) is 19.1 Å². The minimum atomic E-state index is -3.54. The SMILES string of the molecule is CCN(CC)c1ccc(NS(=O)(=O)CCOc2ccc(F)cc2)c(C)c1. The molecule has 0 saturated carbocycles. The second-order valence-electron chi connectivity index (χ2n) is 5.89. The Kier molecular flexibility index (Phi) is 6.85. The van der Waals surface area contributed by atoms with E-state index in [2.05, 4.69) is 23.5 Å². The number of rotatable bonds is 9. The predicted octanol–water partition coefficient (Wildman–Crippen LogP) is 3.80. The zero-order chi connectivity index (χ0) is 19.2. The smallest absolute Gasteiger partial charge is 0.236 e. The van der Waals surface area contributed by atoms with Crippen molar-refractivity contribution in [1.82, 2.24) is 0 Å². The Hall–Kier alpha value is -2.28. The highest BCUT2D eigenvalue weighted by Crippen LogP contribution is 2.23. The lowest BCUT2D eigenvalue weighted by atomic mass is 10.1. The molecule has 0 amide bonds. The lowest BCUT2D eigenvalue weighted by Crippen LogP contribution is -2.23. The molecule has 2 rings (SSSR count). The van der Waals surface area contributed by atoms with E-state index >= 15 is 0 Å². The first kappa shape index (κ1) is 20.0. The third-order valence-corrected chi connectivity index (χ3v) is 5.27. The van der Waals surface area contributed by atoms with E-state index in [0.29, 0.717) is 11.4 Å². The molecule has 142 valence electrons. The molecule has 0 bridgehead atoms. The second kappa shape index (κ2) is 8.89. The summed E-state index contributed by atoms with van der Waals surface area (Å²) in [5.41, 5.74) is 2.48. The van der Waals surface area contributed by atoms with Gasteiger partial charge >= 0.3 is 0 Å². The number of aryl methyl sites for hydroxylation is 1. The lowest BCUT2D eigenvalue weighted by molar-refractivity contribution is 0.340. The standard InChI is InChI=1S/C19H25FN2O3S/c1-4-22(5-2)17-8-11-19(15(3)14-17)21-26(23,24)13-12-25-18-9-6-16(20)7-10-18/h6-11,14,21H,4-5,12-13H2,1-3H3. The number of halogens is 1. The summed E-state index contributed by atoms with van der Waals surface area (Å²) < 4.78 is 45.3. The molecule has 2 aromatic carbocycles. The van der Waals surface area contributed by atoms with Crippen LogP contribution in [0.2, 0.25) is 0 Å². The van der Waals surface area contributed by atoms with Crippen LogP contribution in [0.15, 0.2) is 42.5 Å². The van der Waals surface area contributed by atoms with Gasteiger partial charge in [-0.25, -0.2) is 12.8 Å². The molecule has 0 unspecified atom stereocenters. The first-order valence-electron chi connectivity index (χ1n) is 8.59. The van der Waals surface area contributed by atoms with Crippen molar-refractivity contribution in [3.63, 3.8) is 0 Å². The molecule has 0 radical (unpaired) electrons. The molecule has 26 heavy (non-hydrogen) atoms. The number of sulfonamides is 1. The average molecular weight is 380 g/mol. The molecule has 0 aliphatic heterocycles. The van der Waals surface area contributed by atoms with Gasteiger partial charge in [-0.1, -0.05) is 0 Å². The summed E-state index contributed by atoms with van der Waals surface area (Å²) in [7, 11) is -3.54. The van der Waals surface area contributed by atoms with Crippen LogP contribution in [-0.4, -0.2) is 33.9 Å². The van der Waals surface area contributed by atoms with Crippen molar-refractivity contribution in [2.75, 3.05) is 35.1 Å². The van der Waals surface area contributed by atoms with Crippen LogP contribution < -0.4 is 14.4 Å². The Bertz CT molecular complexity index is 819. The molecule has 0 spiro atoms. The maximum atomic E-state index is 12.8. The van der Waals surface area contributed by atoms with Gasteiger partial charge in [0.05, 0.1) is 5.69 Å². The third kappa shape index (κ3) is 5.62. The van der Waals surface area contributed by atoms with Gasteiger partial charge < -0.3 is 9.64 Å². The minimum Gasteiger partial charge on any atom is -0.492 e. The first-order chi connectivity index (χ1) is 12.3. The molecule has 0 aliphatic carbocycles. The van der Waals surface area contributed by atoms with Crippen molar-refractivity contribution in [2.24, 2.45) is 0 Å². The van der Waals surface area contributed by atoms with Gasteiger partial charge in [-0.3, -0.25) is 4.72 Å². The van der Waals surface area contributed by atoms with E-state index in [0.717, 1.165) is 24.3 Å². The van der Waals surface area contributed by atoms with E-state index in [1.165, 1.54) is 24.3 Å². The number of ether oxygens (including phenoxy) is 1. The summed E-state index contributed by atoms with van der Waals surface area (Å²) in [5.74, 6) is -0.127. The molecule has 0 aromatic heterocycles. The molecule has 0 saturated heterocycles. The highest BCUT2D eigenvalue weighted by Gasteiger charge is 2.13. The molecule has 2 aromatic rings. The van der Waals surface area contributed by atoms with Crippen molar-refractivity contribution in [3.8, 4) is 5.75 Å². The number of benzene rings is 2. The molecular weight excluding hydrogens is 355 g/mol. The van der Waals surface area contributed by atoms with Crippen LogP contribution in [0, 0.1) is 12.7 Å². The zero-order valence-corrected chi connectivity index (χ0v) is 16.1. The topological polar surface area (TPSA) is 58.6 Å². The number of hydrogen-bond acceptors (Lipinski definition) is 4. The highest BCUT2D eigenvalue weighted by molar-refractivity contribution is 7.92. The summed E-state index contributed by atoms with van der Waals surface area (Å²) in [6.45, 7) is 7.80. The fourth-order valence-corrected chi connectivity index (χ4v) is 3.54. The Morgan fingerprint density at radius 2 is 1.73 bits per heavy atom. The molecule has 5 nitrogen and oxygen atoms in total. The van der Waals surface area contributed by atoms with E-state index in [4.69, 9.17) is 4.74 Å². The van der Waals surface area contributed by atoms with Crippen molar-refractivity contribution < 1.29 is 17.5 Å². The van der Waals surface area contributed by atoms with Crippen LogP contribution >= 0.6 is 0 Å². The predicted molar refractivity (Wildman–Crippen MR) is 104 cm³/mol. The largest absolute Gasteiger partial charge is 0.492 e. The van der Waals surface area contributed by atoms with Gasteiger partial charge in [0, 0.05) is 18.8 Å². The quantitative estimate of drug-likeness (QED) is 0.719. The van der Waals surface area contributed by atoms with Crippen LogP contribution in [0.4, 0.5) is 15.8 Å². The van der Waals surface area contributed by atoms with Gasteiger partial charge in [-0.05, 0) is 68.8 Å². The second-order valence-corrected chi connectivity index (χ2v) is 7.74. The van der Waals surface area contributed by atoms with E-state index in [1.54, 1.807) is 6.07 Å². The van der Waals surface area contributed by atoms with Crippen molar-refractivity contribution in [2.45, 2.75) is 20.8 Å². The fraction of sp³-hybridized carbons (Fsp3) is 0.368. The Labute approximate surface area is 154 Å². The van der Waals surface area contributed by atoms with Crippen molar-refractivity contribution in [1.29, 1.82) is 0 Å². The van der Waals surface area contributed by atoms with Gasteiger partial charge in [0.2, 0.25) is 10.0 Å². The normalized spacial score (nSPS) is 11.2. The summed E-state index contributed by atoms with van der Waals surface area (Å²) in [4.78, 5) is 2.20. The number of nitrogens with zero attached hydrogens (tertiary/aromatic N) is 1. The Balaban J connectivity index is 1.96. The van der Waals surface area contributed by atoms with E-state index in [9.17, 15) is 12.8 Å². The van der Waals surface area contributed by atoms with Gasteiger partial charge in [-0.2, -0.15) is 0 Å². The molecule has 0 fully saturated rings. The van der Waals surface area contributed by atoms with Crippen LogP contribution in [0.5, 0.6) is 5.75 Å². The number of nitrogens with one attached hydrogen (secondary N) is 1. The summed E-state index contributed by atoms with van der Waals surface area (Å²) in [6, 6.07) is 11.1. The number of anilines is 2. The van der Waals surface area contributed by atoms with E-state index < -0.39 is 10.0 Å². The first-order valence-corrected chi connectivity index (χ1v) is 10.2. The van der Waals surface area contributed by atoms with Crippen LogP contribution in [0.25, 0.3) is 0 Å². The summed E-state index contributed by atoms with van der Waals surface area (Å²) in [5, 5.41) is 0. The third-order valence-electron chi connectivity index (χ3n) is 4.04. The van der Waals surface area contributed by atoms with Crippen LogP contribution in [-0.2, 0) is 10.0 Å². The Morgan fingerprint density at radius 1 is 1.08 bits per heavy atom.